The van der Waals surface area contributed by atoms with Crippen LogP contribution in [-0.2, 0) is 11.3 Å². The first-order chi connectivity index (χ1) is 13.6. The first-order valence-corrected chi connectivity index (χ1v) is 9.69. The van der Waals surface area contributed by atoms with Gasteiger partial charge < -0.3 is 14.2 Å². The van der Waals surface area contributed by atoms with Crippen LogP contribution in [0.1, 0.15) is 40.7 Å². The number of aromatic nitrogens is 2. The molecule has 0 unspecified atom stereocenters. The van der Waals surface area contributed by atoms with E-state index in [1.807, 2.05) is 51.7 Å². The van der Waals surface area contributed by atoms with Gasteiger partial charge in [0, 0.05) is 43.2 Å². The van der Waals surface area contributed by atoms with E-state index in [0.29, 0.717) is 31.8 Å². The summed E-state index contributed by atoms with van der Waals surface area (Å²) in [7, 11) is 0. The first kappa shape index (κ1) is 17.0. The SMILES string of the molecule is Cc1c(C(=O)N2Cc3ccnn3[C@H](CN3CCCC3=O)C2)oc2ccccc12. The van der Waals surface area contributed by atoms with Crippen molar-refractivity contribution >= 4 is 22.8 Å². The molecule has 0 N–H and O–H groups in total. The lowest BCUT2D eigenvalue weighted by molar-refractivity contribution is -0.128. The summed E-state index contributed by atoms with van der Waals surface area (Å²) in [6, 6.07) is 9.59. The highest BCUT2D eigenvalue weighted by Crippen LogP contribution is 2.29. The molecule has 2 aliphatic rings. The van der Waals surface area contributed by atoms with Gasteiger partial charge in [-0.25, -0.2) is 0 Å². The lowest BCUT2D eigenvalue weighted by Gasteiger charge is -2.35. The number of hydrogen-bond acceptors (Lipinski definition) is 4. The summed E-state index contributed by atoms with van der Waals surface area (Å²) in [5, 5.41) is 5.41. The molecular formula is C21H22N4O3. The number of benzene rings is 1. The largest absolute Gasteiger partial charge is 0.451 e. The Balaban J connectivity index is 1.44. The maximum Gasteiger partial charge on any atom is 0.290 e. The molecule has 0 aliphatic carbocycles. The number of nitrogens with zero attached hydrogens (tertiary/aromatic N) is 4. The van der Waals surface area contributed by atoms with E-state index >= 15 is 0 Å². The van der Waals surface area contributed by atoms with Crippen molar-refractivity contribution < 1.29 is 14.0 Å². The first-order valence-electron chi connectivity index (χ1n) is 9.69. The van der Waals surface area contributed by atoms with Gasteiger partial charge in [0.05, 0.1) is 18.3 Å². The number of fused-ring (bicyclic) bond motifs is 2. The van der Waals surface area contributed by atoms with Crippen LogP contribution in [0, 0.1) is 6.92 Å². The van der Waals surface area contributed by atoms with E-state index < -0.39 is 0 Å². The van der Waals surface area contributed by atoms with Crippen molar-refractivity contribution in [3.05, 3.63) is 53.5 Å². The van der Waals surface area contributed by atoms with Gasteiger partial charge in [-0.1, -0.05) is 18.2 Å². The van der Waals surface area contributed by atoms with Crippen LogP contribution in [0.4, 0.5) is 0 Å². The van der Waals surface area contributed by atoms with Gasteiger partial charge in [0.2, 0.25) is 5.91 Å². The third kappa shape index (κ3) is 2.69. The summed E-state index contributed by atoms with van der Waals surface area (Å²) in [4.78, 5) is 29.1. The Hall–Kier alpha value is -3.09. The van der Waals surface area contributed by atoms with Gasteiger partial charge in [0.1, 0.15) is 5.58 Å². The van der Waals surface area contributed by atoms with Crippen molar-refractivity contribution in [1.82, 2.24) is 19.6 Å². The standard InChI is InChI=1S/C21H22N4O3/c1-14-17-5-2-3-6-18(17)28-20(14)21(27)24-11-15-8-9-22-25(15)16(13-24)12-23-10-4-7-19(23)26/h2-3,5-6,8-9,16H,4,7,10-13H2,1H3/t16-/m1/s1. The zero-order valence-electron chi connectivity index (χ0n) is 15.8. The normalized spacial score (nSPS) is 19.5. The summed E-state index contributed by atoms with van der Waals surface area (Å²) >= 11 is 0. The molecule has 5 rings (SSSR count). The summed E-state index contributed by atoms with van der Waals surface area (Å²) in [6.45, 7) is 4.28. The number of carbonyl (C=O) groups excluding carboxylic acids is 2. The highest BCUT2D eigenvalue weighted by molar-refractivity contribution is 5.99. The minimum atomic E-state index is -0.112. The second kappa shape index (κ2) is 6.51. The molecule has 0 saturated carbocycles. The minimum Gasteiger partial charge on any atom is -0.451 e. The number of para-hydroxylation sites is 1. The van der Waals surface area contributed by atoms with Gasteiger partial charge in [-0.3, -0.25) is 14.3 Å². The average Bonchev–Trinajstić information content (AvgIpc) is 3.41. The molecule has 2 amide bonds. The van der Waals surface area contributed by atoms with Gasteiger partial charge in [0.25, 0.3) is 5.91 Å². The molecular weight excluding hydrogens is 356 g/mol. The van der Waals surface area contributed by atoms with Crippen LogP contribution in [0.15, 0.2) is 40.9 Å². The number of carbonyl (C=O) groups is 2. The van der Waals surface area contributed by atoms with Crippen LogP contribution in [0.25, 0.3) is 11.0 Å². The summed E-state index contributed by atoms with van der Waals surface area (Å²) in [6.07, 6.45) is 3.27. The van der Waals surface area contributed by atoms with Crippen LogP contribution >= 0.6 is 0 Å². The van der Waals surface area contributed by atoms with E-state index in [9.17, 15) is 9.59 Å². The molecule has 0 bridgehead atoms. The third-order valence-electron chi connectivity index (χ3n) is 5.81. The highest BCUT2D eigenvalue weighted by atomic mass is 16.3. The lowest BCUT2D eigenvalue weighted by atomic mass is 10.1. The zero-order valence-corrected chi connectivity index (χ0v) is 15.8. The predicted molar refractivity (Wildman–Crippen MR) is 103 cm³/mol. The topological polar surface area (TPSA) is 71.6 Å². The van der Waals surface area contributed by atoms with Crippen molar-refractivity contribution in [2.45, 2.75) is 32.4 Å². The molecule has 1 atom stereocenters. The van der Waals surface area contributed by atoms with Crippen molar-refractivity contribution in [2.75, 3.05) is 19.6 Å². The average molecular weight is 378 g/mol. The number of rotatable bonds is 3. The maximum absolute atomic E-state index is 13.3. The van der Waals surface area contributed by atoms with Crippen LogP contribution < -0.4 is 0 Å². The molecule has 2 aromatic heterocycles. The second-order valence-corrected chi connectivity index (χ2v) is 7.60. The molecule has 0 radical (unpaired) electrons. The van der Waals surface area contributed by atoms with E-state index in [-0.39, 0.29) is 17.9 Å². The Kier molecular flexibility index (Phi) is 3.96. The van der Waals surface area contributed by atoms with Gasteiger partial charge in [-0.05, 0) is 25.5 Å². The number of amides is 2. The molecule has 144 valence electrons. The fourth-order valence-corrected chi connectivity index (χ4v) is 4.35. The Bertz CT molecular complexity index is 1070. The van der Waals surface area contributed by atoms with E-state index in [0.717, 1.165) is 35.2 Å². The molecule has 3 aromatic rings. The smallest absolute Gasteiger partial charge is 0.290 e. The molecule has 4 heterocycles. The van der Waals surface area contributed by atoms with E-state index in [1.165, 1.54) is 0 Å². The van der Waals surface area contributed by atoms with E-state index in [4.69, 9.17) is 4.42 Å². The fraction of sp³-hybridized carbons (Fsp3) is 0.381. The number of hydrogen-bond donors (Lipinski definition) is 0. The molecule has 7 heteroatoms. The Morgan fingerprint density at radius 3 is 2.93 bits per heavy atom. The second-order valence-electron chi connectivity index (χ2n) is 7.60. The maximum atomic E-state index is 13.3. The van der Waals surface area contributed by atoms with Gasteiger partial charge in [0.15, 0.2) is 5.76 Å². The van der Waals surface area contributed by atoms with Crippen molar-refractivity contribution in [2.24, 2.45) is 0 Å². The van der Waals surface area contributed by atoms with Gasteiger partial charge in [-0.2, -0.15) is 5.10 Å². The molecule has 28 heavy (non-hydrogen) atoms. The lowest BCUT2D eigenvalue weighted by Crippen LogP contribution is -2.45. The molecule has 7 nitrogen and oxygen atoms in total. The molecule has 1 saturated heterocycles. The zero-order chi connectivity index (χ0) is 19.3. The van der Waals surface area contributed by atoms with Gasteiger partial charge >= 0.3 is 0 Å². The van der Waals surface area contributed by atoms with Crippen molar-refractivity contribution in [1.29, 1.82) is 0 Å². The minimum absolute atomic E-state index is 0.0468. The van der Waals surface area contributed by atoms with E-state index in [2.05, 4.69) is 5.10 Å². The van der Waals surface area contributed by atoms with Gasteiger partial charge in [-0.15, -0.1) is 0 Å². The number of likely N-dealkylation sites (tertiary alicyclic amines) is 1. The van der Waals surface area contributed by atoms with Crippen LogP contribution in [0.3, 0.4) is 0 Å². The quantitative estimate of drug-likeness (QED) is 0.703. The van der Waals surface area contributed by atoms with Crippen LogP contribution in [0.2, 0.25) is 0 Å². The Labute approximate surface area is 162 Å². The molecule has 2 aliphatic heterocycles. The molecule has 0 spiro atoms. The number of aryl methyl sites for hydroxylation is 1. The monoisotopic (exact) mass is 378 g/mol. The fourth-order valence-electron chi connectivity index (χ4n) is 4.35. The Morgan fingerprint density at radius 1 is 1.29 bits per heavy atom. The van der Waals surface area contributed by atoms with Crippen molar-refractivity contribution in [3.63, 3.8) is 0 Å². The Morgan fingerprint density at radius 2 is 2.14 bits per heavy atom. The molecule has 1 aromatic carbocycles. The van der Waals surface area contributed by atoms with Crippen molar-refractivity contribution in [3.8, 4) is 0 Å². The summed E-state index contributed by atoms with van der Waals surface area (Å²) in [5.41, 5.74) is 2.57. The van der Waals surface area contributed by atoms with Crippen LogP contribution in [-0.4, -0.2) is 51.0 Å². The summed E-state index contributed by atoms with van der Waals surface area (Å²) < 4.78 is 7.85. The third-order valence-corrected chi connectivity index (χ3v) is 5.81. The predicted octanol–water partition coefficient (Wildman–Crippen LogP) is 2.76. The number of furan rings is 1. The van der Waals surface area contributed by atoms with Crippen LogP contribution in [0.5, 0.6) is 0 Å². The van der Waals surface area contributed by atoms with E-state index in [1.54, 1.807) is 6.20 Å². The summed E-state index contributed by atoms with van der Waals surface area (Å²) in [5.74, 6) is 0.467. The molecule has 1 fully saturated rings. The highest BCUT2D eigenvalue weighted by Gasteiger charge is 2.34.